The molecule has 0 fully saturated rings. The third-order valence-corrected chi connectivity index (χ3v) is 5.60. The van der Waals surface area contributed by atoms with Crippen molar-refractivity contribution >= 4 is 40.2 Å². The van der Waals surface area contributed by atoms with Crippen molar-refractivity contribution in [3.05, 3.63) is 28.2 Å². The van der Waals surface area contributed by atoms with Gasteiger partial charge in [-0.05, 0) is 39.2 Å². The Balaban J connectivity index is 2.37. The van der Waals surface area contributed by atoms with E-state index in [2.05, 4.69) is 5.32 Å². The summed E-state index contributed by atoms with van der Waals surface area (Å²) < 4.78 is 10.1. The smallest absolute Gasteiger partial charge is 0.348 e. The highest BCUT2D eigenvalue weighted by Crippen LogP contribution is 2.36. The van der Waals surface area contributed by atoms with Gasteiger partial charge in [0.05, 0.1) is 30.6 Å². The molecular formula is C19H23NO7S. The first kappa shape index (κ1) is 21.6. The molecule has 1 aromatic rings. The quantitative estimate of drug-likeness (QED) is 0.525. The maximum absolute atomic E-state index is 12.8. The Labute approximate surface area is 166 Å². The molecule has 0 bridgehead atoms. The van der Waals surface area contributed by atoms with Crippen LogP contribution in [0.3, 0.4) is 0 Å². The van der Waals surface area contributed by atoms with E-state index >= 15 is 0 Å². The summed E-state index contributed by atoms with van der Waals surface area (Å²) in [5.74, 6) is -4.45. The number of hydrogen-bond donors (Lipinski definition) is 2. The van der Waals surface area contributed by atoms with Crippen LogP contribution in [0.25, 0.3) is 0 Å². The molecule has 0 saturated heterocycles. The van der Waals surface area contributed by atoms with Gasteiger partial charge < -0.3 is 19.9 Å². The van der Waals surface area contributed by atoms with E-state index in [0.717, 1.165) is 11.3 Å². The zero-order chi connectivity index (χ0) is 20.8. The van der Waals surface area contributed by atoms with Gasteiger partial charge in [-0.3, -0.25) is 9.59 Å². The van der Waals surface area contributed by atoms with E-state index in [1.165, 1.54) is 0 Å². The van der Waals surface area contributed by atoms with E-state index < -0.39 is 35.7 Å². The van der Waals surface area contributed by atoms with Crippen molar-refractivity contribution in [2.24, 2.45) is 11.8 Å². The van der Waals surface area contributed by atoms with Crippen molar-refractivity contribution < 1.29 is 33.8 Å². The van der Waals surface area contributed by atoms with Crippen molar-refractivity contribution in [3.63, 3.8) is 0 Å². The summed E-state index contributed by atoms with van der Waals surface area (Å²) in [6.07, 6.45) is 4.04. The summed E-state index contributed by atoms with van der Waals surface area (Å²) in [7, 11) is 0. The Morgan fingerprint density at radius 2 is 1.64 bits per heavy atom. The van der Waals surface area contributed by atoms with Crippen LogP contribution in [0.1, 0.15) is 52.3 Å². The number of ether oxygens (including phenoxy) is 2. The van der Waals surface area contributed by atoms with Gasteiger partial charge in [0.2, 0.25) is 5.91 Å². The number of amides is 1. The Morgan fingerprint density at radius 1 is 1.07 bits per heavy atom. The van der Waals surface area contributed by atoms with Crippen molar-refractivity contribution in [3.8, 4) is 0 Å². The first-order valence-electron chi connectivity index (χ1n) is 8.98. The number of carbonyl (C=O) groups is 4. The molecule has 1 heterocycles. The normalized spacial score (nSPS) is 18.4. The van der Waals surface area contributed by atoms with Gasteiger partial charge in [0.1, 0.15) is 9.88 Å². The molecule has 2 unspecified atom stereocenters. The maximum Gasteiger partial charge on any atom is 0.348 e. The Bertz CT molecular complexity index is 811. The minimum absolute atomic E-state index is 0.0847. The summed E-state index contributed by atoms with van der Waals surface area (Å²) in [5.41, 5.74) is 0.442. The second kappa shape index (κ2) is 9.50. The molecule has 0 aliphatic heterocycles. The number of thiophene rings is 1. The van der Waals surface area contributed by atoms with Crippen molar-refractivity contribution in [1.82, 2.24) is 0 Å². The minimum Gasteiger partial charge on any atom is -0.481 e. The lowest BCUT2D eigenvalue weighted by Gasteiger charge is -2.24. The fraction of sp³-hybridized carbons (Fsp3) is 0.474. The number of carboxylic acids is 1. The first-order valence-corrected chi connectivity index (χ1v) is 9.79. The van der Waals surface area contributed by atoms with Gasteiger partial charge >= 0.3 is 17.9 Å². The second-order valence-electron chi connectivity index (χ2n) is 6.18. The van der Waals surface area contributed by atoms with Crippen LogP contribution in [-0.4, -0.2) is 42.1 Å². The van der Waals surface area contributed by atoms with Crippen LogP contribution in [-0.2, 0) is 19.1 Å². The number of hydrogen-bond acceptors (Lipinski definition) is 7. The minimum atomic E-state index is -1.05. The van der Waals surface area contributed by atoms with Crippen LogP contribution in [0.15, 0.2) is 12.2 Å². The molecule has 1 aliphatic rings. The molecule has 8 nitrogen and oxygen atoms in total. The summed E-state index contributed by atoms with van der Waals surface area (Å²) in [4.78, 5) is 49.0. The predicted octanol–water partition coefficient (Wildman–Crippen LogP) is 3.02. The van der Waals surface area contributed by atoms with Gasteiger partial charge in [-0.2, -0.15) is 0 Å². The zero-order valence-corrected chi connectivity index (χ0v) is 16.8. The predicted molar refractivity (Wildman–Crippen MR) is 103 cm³/mol. The lowest BCUT2D eigenvalue weighted by atomic mass is 9.82. The highest BCUT2D eigenvalue weighted by molar-refractivity contribution is 7.18. The molecule has 0 saturated carbocycles. The van der Waals surface area contributed by atoms with Crippen molar-refractivity contribution in [2.45, 2.75) is 33.6 Å². The standard InChI is InChI=1S/C19H23NO7S/c1-4-26-18(24)13-10(3)14(19(25)27-5-2)28-16(13)20-15(21)11-8-6-7-9-12(11)17(22)23/h6-7,11-12H,4-5,8-9H2,1-3H3,(H,20,21)(H,22,23). The molecule has 2 atom stereocenters. The van der Waals surface area contributed by atoms with Crippen molar-refractivity contribution in [1.29, 1.82) is 0 Å². The molecule has 9 heteroatoms. The van der Waals surface area contributed by atoms with E-state index in [-0.39, 0.29) is 41.5 Å². The van der Waals surface area contributed by atoms with Gasteiger partial charge in [-0.1, -0.05) is 12.2 Å². The SMILES string of the molecule is CCOC(=O)c1sc(NC(=O)C2CC=CCC2C(=O)O)c(C(=O)OCC)c1C. The van der Waals surface area contributed by atoms with Crippen LogP contribution in [0.5, 0.6) is 0 Å². The third kappa shape index (κ3) is 4.59. The molecule has 1 aliphatic carbocycles. The monoisotopic (exact) mass is 409 g/mol. The molecule has 0 aromatic carbocycles. The van der Waals surface area contributed by atoms with Gasteiger partial charge in [0.25, 0.3) is 0 Å². The molecule has 1 aromatic heterocycles. The fourth-order valence-electron chi connectivity index (χ4n) is 3.02. The van der Waals surface area contributed by atoms with E-state index in [9.17, 15) is 24.3 Å². The zero-order valence-electron chi connectivity index (χ0n) is 15.9. The molecule has 1 amide bonds. The molecule has 0 radical (unpaired) electrons. The number of esters is 2. The Hall–Kier alpha value is -2.68. The van der Waals surface area contributed by atoms with Crippen LogP contribution >= 0.6 is 11.3 Å². The summed E-state index contributed by atoms with van der Waals surface area (Å²) in [6.45, 7) is 5.19. The molecule has 2 N–H and O–H groups in total. The molecule has 28 heavy (non-hydrogen) atoms. The highest BCUT2D eigenvalue weighted by atomic mass is 32.1. The largest absolute Gasteiger partial charge is 0.481 e. The number of rotatable bonds is 7. The van der Waals surface area contributed by atoms with Gasteiger partial charge in [0.15, 0.2) is 0 Å². The van der Waals surface area contributed by atoms with Gasteiger partial charge in [-0.25, -0.2) is 9.59 Å². The maximum atomic E-state index is 12.8. The van der Waals surface area contributed by atoms with Crippen LogP contribution in [0.2, 0.25) is 0 Å². The van der Waals surface area contributed by atoms with E-state index in [0.29, 0.717) is 5.56 Å². The molecule has 2 rings (SSSR count). The third-order valence-electron chi connectivity index (χ3n) is 4.41. The van der Waals surface area contributed by atoms with E-state index in [4.69, 9.17) is 9.47 Å². The summed E-state index contributed by atoms with van der Waals surface area (Å²) in [6, 6.07) is 0. The lowest BCUT2D eigenvalue weighted by Crippen LogP contribution is -2.34. The van der Waals surface area contributed by atoms with Crippen molar-refractivity contribution in [2.75, 3.05) is 18.5 Å². The molecule has 0 spiro atoms. The van der Waals surface area contributed by atoms with Crippen LogP contribution in [0, 0.1) is 18.8 Å². The van der Waals surface area contributed by atoms with E-state index in [1.54, 1.807) is 32.9 Å². The average Bonchev–Trinajstić information content (AvgIpc) is 2.98. The summed E-state index contributed by atoms with van der Waals surface area (Å²) >= 11 is 0.918. The topological polar surface area (TPSA) is 119 Å². The van der Waals surface area contributed by atoms with E-state index in [1.807, 2.05) is 0 Å². The number of carboxylic acid groups (broad SMARTS) is 1. The average molecular weight is 409 g/mol. The molecule has 152 valence electrons. The lowest BCUT2D eigenvalue weighted by molar-refractivity contribution is -0.146. The number of nitrogens with one attached hydrogen (secondary N) is 1. The highest BCUT2D eigenvalue weighted by Gasteiger charge is 2.35. The Kier molecular flexibility index (Phi) is 7.33. The molecular weight excluding hydrogens is 386 g/mol. The second-order valence-corrected chi connectivity index (χ2v) is 7.21. The number of aliphatic carboxylic acids is 1. The van der Waals surface area contributed by atoms with Crippen LogP contribution in [0.4, 0.5) is 5.00 Å². The number of allylic oxidation sites excluding steroid dienone is 2. The number of anilines is 1. The van der Waals surface area contributed by atoms with Gasteiger partial charge in [-0.15, -0.1) is 11.3 Å². The first-order chi connectivity index (χ1) is 13.3. The summed E-state index contributed by atoms with van der Waals surface area (Å²) in [5, 5.41) is 12.2. The number of carbonyl (C=O) groups excluding carboxylic acids is 3. The Morgan fingerprint density at radius 3 is 2.21 bits per heavy atom. The fourth-order valence-corrected chi connectivity index (χ4v) is 4.12. The van der Waals surface area contributed by atoms with Gasteiger partial charge in [0, 0.05) is 0 Å². The van der Waals surface area contributed by atoms with Crippen LogP contribution < -0.4 is 5.32 Å².